The smallest absolute Gasteiger partial charge is 0.185 e. The monoisotopic (exact) mass is 277 g/mol. The van der Waals surface area contributed by atoms with Crippen LogP contribution in [-0.2, 0) is 4.79 Å². The highest BCUT2D eigenvalue weighted by atomic mass is 19.1. The molecule has 0 bridgehead atoms. The van der Waals surface area contributed by atoms with Gasteiger partial charge in [0.2, 0.25) is 0 Å². The van der Waals surface area contributed by atoms with Gasteiger partial charge in [0.1, 0.15) is 11.5 Å². The van der Waals surface area contributed by atoms with Crippen molar-refractivity contribution in [2.45, 2.75) is 26.7 Å². The summed E-state index contributed by atoms with van der Waals surface area (Å²) in [6.45, 7) is 3.86. The minimum Gasteiger partial charge on any atom is -0.411 e. The molecule has 0 atom stereocenters. The molecule has 0 aromatic heterocycles. The fourth-order valence-electron chi connectivity index (χ4n) is 2.13. The van der Waals surface area contributed by atoms with Gasteiger partial charge in [-0.3, -0.25) is 10.2 Å². The van der Waals surface area contributed by atoms with Crippen LogP contribution >= 0.6 is 0 Å². The van der Waals surface area contributed by atoms with Crippen LogP contribution < -0.4 is 5.43 Å². The second-order valence-corrected chi connectivity index (χ2v) is 5.57. The van der Waals surface area contributed by atoms with Crippen LogP contribution in [0.4, 0.5) is 10.1 Å². The van der Waals surface area contributed by atoms with E-state index < -0.39 is 0 Å². The summed E-state index contributed by atoms with van der Waals surface area (Å²) in [6, 6.07) is 5.59. The van der Waals surface area contributed by atoms with Crippen LogP contribution in [0.3, 0.4) is 0 Å². The molecule has 6 heteroatoms. The van der Waals surface area contributed by atoms with Crippen molar-refractivity contribution in [3.05, 3.63) is 30.1 Å². The Morgan fingerprint density at radius 3 is 2.50 bits per heavy atom. The molecule has 0 unspecified atom stereocenters. The fraction of sp³-hybridized carbons (Fsp3) is 0.357. The maximum Gasteiger partial charge on any atom is 0.185 e. The Morgan fingerprint density at radius 1 is 1.25 bits per heavy atom. The van der Waals surface area contributed by atoms with Crippen LogP contribution in [0.5, 0.6) is 0 Å². The van der Waals surface area contributed by atoms with E-state index in [1.165, 1.54) is 24.3 Å². The van der Waals surface area contributed by atoms with Crippen molar-refractivity contribution in [2.75, 3.05) is 5.43 Å². The first-order valence-electron chi connectivity index (χ1n) is 6.25. The lowest BCUT2D eigenvalue weighted by molar-refractivity contribution is -0.114. The van der Waals surface area contributed by atoms with Gasteiger partial charge in [0.05, 0.1) is 5.69 Å². The van der Waals surface area contributed by atoms with Gasteiger partial charge in [-0.25, -0.2) is 4.39 Å². The van der Waals surface area contributed by atoms with Gasteiger partial charge < -0.3 is 5.21 Å². The normalized spacial score (nSPS) is 22.2. The highest BCUT2D eigenvalue weighted by Gasteiger charge is 2.36. The number of nitrogens with zero attached hydrogens (tertiary/aromatic N) is 2. The van der Waals surface area contributed by atoms with Crippen molar-refractivity contribution in [1.29, 1.82) is 0 Å². The van der Waals surface area contributed by atoms with Crippen LogP contribution in [0.25, 0.3) is 0 Å². The van der Waals surface area contributed by atoms with E-state index in [0.717, 1.165) is 0 Å². The molecular formula is C14H16FN3O2. The second-order valence-electron chi connectivity index (χ2n) is 5.57. The lowest BCUT2D eigenvalue weighted by atomic mass is 9.75. The molecule has 0 heterocycles. The summed E-state index contributed by atoms with van der Waals surface area (Å²) < 4.78 is 12.8. The Hall–Kier alpha value is -2.24. The summed E-state index contributed by atoms with van der Waals surface area (Å²) in [5.74, 6) is -0.528. The maximum atomic E-state index is 12.8. The van der Waals surface area contributed by atoms with E-state index in [9.17, 15) is 9.18 Å². The van der Waals surface area contributed by atoms with Crippen molar-refractivity contribution in [1.82, 2.24) is 0 Å². The molecule has 1 saturated carbocycles. The van der Waals surface area contributed by atoms with Crippen molar-refractivity contribution < 1.29 is 14.4 Å². The number of Topliss-reactive ketones (excluding diaryl/α,β-unsaturated/α-hetero) is 1. The predicted molar refractivity (Wildman–Crippen MR) is 74.7 cm³/mol. The third-order valence-corrected chi connectivity index (χ3v) is 3.08. The number of halogens is 1. The Balaban J connectivity index is 2.20. The molecule has 0 aliphatic heterocycles. The number of nitrogens with one attached hydrogen (secondary N) is 1. The molecule has 2 N–H and O–H groups in total. The minimum absolute atomic E-state index is 0.121. The highest BCUT2D eigenvalue weighted by molar-refractivity contribution is 6.68. The lowest BCUT2D eigenvalue weighted by Crippen LogP contribution is -2.38. The van der Waals surface area contributed by atoms with E-state index in [1.807, 2.05) is 13.8 Å². The number of oxime groups is 1. The SMILES string of the molecule is CC1(C)CC(=O)C(=NNc2ccc(F)cc2)/C(=N\O)C1. The molecule has 0 saturated heterocycles. The molecule has 1 aliphatic carbocycles. The standard InChI is InChI=1S/C14H16FN3O2/c1-14(2)7-11(18-20)13(12(19)8-14)17-16-10-5-3-9(15)4-6-10/h3-6,16,20H,7-8H2,1-2H3/b17-13?,18-11-. The number of hydrazone groups is 1. The average molecular weight is 277 g/mol. The first-order valence-corrected chi connectivity index (χ1v) is 6.25. The third kappa shape index (κ3) is 3.20. The van der Waals surface area contributed by atoms with Crippen molar-refractivity contribution >= 4 is 22.9 Å². The topological polar surface area (TPSA) is 74.0 Å². The Morgan fingerprint density at radius 2 is 1.90 bits per heavy atom. The van der Waals surface area contributed by atoms with Gasteiger partial charge in [-0.1, -0.05) is 19.0 Å². The Kier molecular flexibility index (Phi) is 3.83. The molecule has 2 rings (SSSR count). The zero-order chi connectivity index (χ0) is 14.8. The van der Waals surface area contributed by atoms with E-state index in [2.05, 4.69) is 15.7 Å². The average Bonchev–Trinajstić information content (AvgIpc) is 2.38. The van der Waals surface area contributed by atoms with Crippen LogP contribution in [0.2, 0.25) is 0 Å². The number of rotatable bonds is 2. The largest absolute Gasteiger partial charge is 0.411 e. The second kappa shape index (κ2) is 5.40. The van der Waals surface area contributed by atoms with Crippen molar-refractivity contribution in [3.8, 4) is 0 Å². The van der Waals surface area contributed by atoms with Crippen LogP contribution in [0, 0.1) is 11.2 Å². The molecule has 5 nitrogen and oxygen atoms in total. The highest BCUT2D eigenvalue weighted by Crippen LogP contribution is 2.31. The quantitative estimate of drug-likeness (QED) is 0.644. The van der Waals surface area contributed by atoms with E-state index in [4.69, 9.17) is 5.21 Å². The van der Waals surface area contributed by atoms with Crippen LogP contribution in [-0.4, -0.2) is 22.4 Å². The van der Waals surface area contributed by atoms with Gasteiger partial charge in [-0.15, -0.1) is 0 Å². The summed E-state index contributed by atoms with van der Waals surface area (Å²) in [7, 11) is 0. The molecule has 1 fully saturated rings. The Labute approximate surface area is 116 Å². The zero-order valence-corrected chi connectivity index (χ0v) is 11.4. The summed E-state index contributed by atoms with van der Waals surface area (Å²) in [5.41, 5.74) is 3.37. The number of carbonyl (C=O) groups is 1. The molecular weight excluding hydrogens is 261 g/mol. The first kappa shape index (κ1) is 14.2. The fourth-order valence-corrected chi connectivity index (χ4v) is 2.13. The number of ketones is 1. The number of carbonyl (C=O) groups excluding carboxylic acids is 1. The molecule has 0 amide bonds. The van der Waals surface area contributed by atoms with Gasteiger partial charge >= 0.3 is 0 Å². The molecule has 1 aromatic carbocycles. The lowest BCUT2D eigenvalue weighted by Gasteiger charge is -2.29. The molecule has 0 spiro atoms. The summed E-state index contributed by atoms with van der Waals surface area (Å²) >= 11 is 0. The maximum absolute atomic E-state index is 12.8. The van der Waals surface area contributed by atoms with E-state index >= 15 is 0 Å². The number of anilines is 1. The number of benzene rings is 1. The van der Waals surface area contributed by atoms with Crippen molar-refractivity contribution in [3.63, 3.8) is 0 Å². The zero-order valence-electron chi connectivity index (χ0n) is 11.4. The van der Waals surface area contributed by atoms with E-state index in [0.29, 0.717) is 18.5 Å². The summed E-state index contributed by atoms with van der Waals surface area (Å²) in [6.07, 6.45) is 0.815. The third-order valence-electron chi connectivity index (χ3n) is 3.08. The Bertz CT molecular complexity index is 577. The molecule has 20 heavy (non-hydrogen) atoms. The van der Waals surface area contributed by atoms with Gasteiger partial charge in [0, 0.05) is 12.8 Å². The van der Waals surface area contributed by atoms with Gasteiger partial charge in [0.15, 0.2) is 11.5 Å². The first-order chi connectivity index (χ1) is 9.41. The van der Waals surface area contributed by atoms with Crippen molar-refractivity contribution in [2.24, 2.45) is 15.7 Å². The number of hydrogen-bond donors (Lipinski definition) is 2. The van der Waals surface area contributed by atoms with Crippen LogP contribution in [0.1, 0.15) is 26.7 Å². The molecule has 1 aliphatic rings. The summed E-state index contributed by atoms with van der Waals surface area (Å²) in [4.78, 5) is 12.0. The van der Waals surface area contributed by atoms with E-state index in [-0.39, 0.29) is 28.4 Å². The van der Waals surface area contributed by atoms with Gasteiger partial charge in [0.25, 0.3) is 0 Å². The number of hydrogen-bond acceptors (Lipinski definition) is 5. The van der Waals surface area contributed by atoms with Gasteiger partial charge in [-0.2, -0.15) is 5.10 Å². The molecule has 0 radical (unpaired) electrons. The van der Waals surface area contributed by atoms with Crippen LogP contribution in [0.15, 0.2) is 34.5 Å². The summed E-state index contributed by atoms with van der Waals surface area (Å²) in [5, 5.41) is 16.2. The molecule has 1 aromatic rings. The molecule has 106 valence electrons. The van der Waals surface area contributed by atoms with Gasteiger partial charge in [-0.05, 0) is 29.7 Å². The minimum atomic E-state index is -0.351. The predicted octanol–water partition coefficient (Wildman–Crippen LogP) is 2.81. The van der Waals surface area contributed by atoms with E-state index in [1.54, 1.807) is 0 Å².